The van der Waals surface area contributed by atoms with Crippen molar-refractivity contribution in [1.29, 1.82) is 0 Å². The van der Waals surface area contributed by atoms with E-state index in [2.05, 4.69) is 14.7 Å². The van der Waals surface area contributed by atoms with Crippen LogP contribution in [0.1, 0.15) is 13.3 Å². The molecule has 0 amide bonds. The van der Waals surface area contributed by atoms with Crippen molar-refractivity contribution in [3.63, 3.8) is 0 Å². The van der Waals surface area contributed by atoms with Crippen LogP contribution >= 0.6 is 11.8 Å². The Balaban J connectivity index is 2.47. The molecule has 0 aliphatic heterocycles. The molecule has 3 N–H and O–H groups in total. The van der Waals surface area contributed by atoms with E-state index in [-0.39, 0.29) is 41.1 Å². The van der Waals surface area contributed by atoms with Crippen molar-refractivity contribution in [2.45, 2.75) is 18.5 Å². The number of nitrogens with two attached hydrogens (primary N) is 1. The van der Waals surface area contributed by atoms with Crippen LogP contribution in [0.15, 0.2) is 16.0 Å². The molecule has 18 heavy (non-hydrogen) atoms. The second-order valence-corrected chi connectivity index (χ2v) is 4.25. The number of carbonyl (C=O) groups excluding carboxylic acids is 2. The van der Waals surface area contributed by atoms with Gasteiger partial charge in [0.2, 0.25) is 0 Å². The molecule has 1 aromatic heterocycles. The Hall–Kier alpha value is -1.83. The normalized spacial score (nSPS) is 10.1. The predicted molar refractivity (Wildman–Crippen MR) is 66.3 cm³/mol. The number of anilines is 1. The van der Waals surface area contributed by atoms with Crippen molar-refractivity contribution in [2.24, 2.45) is 0 Å². The summed E-state index contributed by atoms with van der Waals surface area (Å²) in [4.78, 5) is 39.8. The molecule has 98 valence electrons. The number of rotatable bonds is 6. The summed E-state index contributed by atoms with van der Waals surface area (Å²) >= 11 is 1.01. The molecule has 0 fully saturated rings. The van der Waals surface area contributed by atoms with E-state index in [1.54, 1.807) is 6.92 Å². The number of Topliss-reactive ketones (excluding diaryl/α,β-unsaturated/α-hetero) is 1. The van der Waals surface area contributed by atoms with Gasteiger partial charge >= 0.3 is 5.97 Å². The number of carbonyl (C=O) groups is 2. The second-order valence-electron chi connectivity index (χ2n) is 3.28. The number of aromatic nitrogens is 2. The maximum Gasteiger partial charge on any atom is 0.313 e. The van der Waals surface area contributed by atoms with Crippen LogP contribution in [-0.2, 0) is 14.3 Å². The molecule has 0 aliphatic rings. The van der Waals surface area contributed by atoms with Crippen molar-refractivity contribution in [3.8, 4) is 0 Å². The maximum atomic E-state index is 11.4. The second kappa shape index (κ2) is 6.80. The molecule has 0 aliphatic carbocycles. The number of thioether (sulfide) groups is 1. The standard InChI is InChI=1S/C10H13N3O4S/c1-2-17-9(16)3-6(14)5-18-10-12-7(11)4-8(15)13-10/h4H,2-3,5H2,1H3,(H3,11,12,13,15). The molecule has 8 heteroatoms. The highest BCUT2D eigenvalue weighted by atomic mass is 32.2. The van der Waals surface area contributed by atoms with Gasteiger partial charge in [0.25, 0.3) is 5.56 Å². The maximum absolute atomic E-state index is 11.4. The van der Waals surface area contributed by atoms with Crippen LogP contribution in [0.5, 0.6) is 0 Å². The minimum Gasteiger partial charge on any atom is -0.466 e. The summed E-state index contributed by atoms with van der Waals surface area (Å²) in [5, 5.41) is 0.247. The number of nitrogens with zero attached hydrogens (tertiary/aromatic N) is 1. The Morgan fingerprint density at radius 3 is 2.89 bits per heavy atom. The number of nitrogens with one attached hydrogen (secondary N) is 1. The lowest BCUT2D eigenvalue weighted by Crippen LogP contribution is -2.14. The highest BCUT2D eigenvalue weighted by molar-refractivity contribution is 7.99. The molecule has 0 unspecified atom stereocenters. The zero-order valence-electron chi connectivity index (χ0n) is 9.76. The summed E-state index contributed by atoms with van der Waals surface area (Å²) in [7, 11) is 0. The van der Waals surface area contributed by atoms with Gasteiger partial charge in [0, 0.05) is 6.07 Å². The number of hydrogen-bond donors (Lipinski definition) is 2. The van der Waals surface area contributed by atoms with Crippen LogP contribution < -0.4 is 11.3 Å². The first-order valence-electron chi connectivity index (χ1n) is 5.18. The van der Waals surface area contributed by atoms with Gasteiger partial charge in [0.05, 0.1) is 12.4 Å². The smallest absolute Gasteiger partial charge is 0.313 e. The number of ketones is 1. The molecule has 0 saturated carbocycles. The average molecular weight is 271 g/mol. The first-order valence-corrected chi connectivity index (χ1v) is 6.16. The minimum absolute atomic E-state index is 0.0191. The Morgan fingerprint density at radius 1 is 1.56 bits per heavy atom. The van der Waals surface area contributed by atoms with Gasteiger partial charge in [-0.3, -0.25) is 14.4 Å². The molecule has 0 radical (unpaired) electrons. The zero-order chi connectivity index (χ0) is 13.5. The van der Waals surface area contributed by atoms with Crippen molar-refractivity contribution in [2.75, 3.05) is 18.1 Å². The fourth-order valence-electron chi connectivity index (χ4n) is 1.09. The van der Waals surface area contributed by atoms with Gasteiger partial charge in [-0.25, -0.2) is 4.98 Å². The van der Waals surface area contributed by atoms with E-state index in [0.29, 0.717) is 0 Å². The van der Waals surface area contributed by atoms with Gasteiger partial charge in [0.1, 0.15) is 12.2 Å². The van der Waals surface area contributed by atoms with Gasteiger partial charge in [-0.15, -0.1) is 0 Å². The summed E-state index contributed by atoms with van der Waals surface area (Å²) in [6.45, 7) is 1.90. The van der Waals surface area contributed by atoms with Crippen LogP contribution in [0.2, 0.25) is 0 Å². The van der Waals surface area contributed by atoms with Gasteiger partial charge in [-0.2, -0.15) is 0 Å². The third-order valence-electron chi connectivity index (χ3n) is 1.76. The van der Waals surface area contributed by atoms with E-state index in [0.717, 1.165) is 17.8 Å². The average Bonchev–Trinajstić information content (AvgIpc) is 2.25. The Labute approximate surface area is 107 Å². The molecular weight excluding hydrogens is 258 g/mol. The van der Waals surface area contributed by atoms with Crippen LogP contribution in [0.3, 0.4) is 0 Å². The molecule has 0 bridgehead atoms. The highest BCUT2D eigenvalue weighted by Gasteiger charge is 2.11. The number of ether oxygens (including phenoxy) is 1. The van der Waals surface area contributed by atoms with Crippen molar-refractivity contribution < 1.29 is 14.3 Å². The molecule has 0 aromatic carbocycles. The van der Waals surface area contributed by atoms with Gasteiger partial charge in [0.15, 0.2) is 10.9 Å². The summed E-state index contributed by atoms with van der Waals surface area (Å²) in [6.07, 6.45) is -0.284. The lowest BCUT2D eigenvalue weighted by Gasteiger charge is -2.02. The molecule has 1 heterocycles. The van der Waals surface area contributed by atoms with Gasteiger partial charge in [-0.05, 0) is 6.92 Å². The first kappa shape index (κ1) is 14.2. The molecular formula is C10H13N3O4S. The molecule has 7 nitrogen and oxygen atoms in total. The monoisotopic (exact) mass is 271 g/mol. The SMILES string of the molecule is CCOC(=O)CC(=O)CSc1nc(N)cc(=O)[nH]1. The summed E-state index contributed by atoms with van der Waals surface area (Å²) in [5.41, 5.74) is 5.00. The molecule has 0 saturated heterocycles. The topological polar surface area (TPSA) is 115 Å². The van der Waals surface area contributed by atoms with E-state index in [9.17, 15) is 14.4 Å². The lowest BCUT2D eigenvalue weighted by atomic mass is 10.3. The summed E-state index contributed by atoms with van der Waals surface area (Å²) in [6, 6.07) is 1.14. The fourth-order valence-corrected chi connectivity index (χ4v) is 1.84. The van der Waals surface area contributed by atoms with Crippen LogP contribution in [0.25, 0.3) is 0 Å². The number of esters is 1. The van der Waals surface area contributed by atoms with E-state index in [1.165, 1.54) is 0 Å². The highest BCUT2D eigenvalue weighted by Crippen LogP contribution is 2.12. The van der Waals surface area contributed by atoms with Crippen LogP contribution in [-0.4, -0.2) is 34.1 Å². The quantitative estimate of drug-likeness (QED) is 0.323. The Kier molecular flexibility index (Phi) is 5.37. The Morgan fingerprint density at radius 2 is 2.28 bits per heavy atom. The number of H-pyrrole nitrogens is 1. The largest absolute Gasteiger partial charge is 0.466 e. The van der Waals surface area contributed by atoms with Crippen molar-refractivity contribution >= 4 is 29.3 Å². The van der Waals surface area contributed by atoms with Crippen LogP contribution in [0.4, 0.5) is 5.82 Å². The molecule has 0 atom stereocenters. The van der Waals surface area contributed by atoms with E-state index >= 15 is 0 Å². The summed E-state index contributed by atoms with van der Waals surface area (Å²) < 4.78 is 4.64. The fraction of sp³-hybridized carbons (Fsp3) is 0.400. The van der Waals surface area contributed by atoms with E-state index in [4.69, 9.17) is 5.73 Å². The first-order chi connectivity index (χ1) is 8.51. The molecule has 1 rings (SSSR count). The zero-order valence-corrected chi connectivity index (χ0v) is 10.6. The minimum atomic E-state index is -0.558. The van der Waals surface area contributed by atoms with Crippen molar-refractivity contribution in [1.82, 2.24) is 9.97 Å². The van der Waals surface area contributed by atoms with Gasteiger partial charge in [-0.1, -0.05) is 11.8 Å². The summed E-state index contributed by atoms with van der Waals surface area (Å²) in [5.74, 6) is -0.759. The number of hydrogen-bond acceptors (Lipinski definition) is 7. The Bertz CT molecular complexity index is 500. The number of aromatic amines is 1. The van der Waals surface area contributed by atoms with E-state index < -0.39 is 5.97 Å². The van der Waals surface area contributed by atoms with E-state index in [1.807, 2.05) is 0 Å². The predicted octanol–water partition coefficient (Wildman–Crippen LogP) is -0.0335. The third-order valence-corrected chi connectivity index (χ3v) is 2.69. The van der Waals surface area contributed by atoms with Crippen LogP contribution in [0, 0.1) is 0 Å². The van der Waals surface area contributed by atoms with Crippen molar-refractivity contribution in [3.05, 3.63) is 16.4 Å². The van der Waals surface area contributed by atoms with Gasteiger partial charge < -0.3 is 15.5 Å². The molecule has 1 aromatic rings. The lowest BCUT2D eigenvalue weighted by molar-refractivity contribution is -0.145. The number of nitrogen functional groups attached to an aromatic ring is 1. The third kappa shape index (κ3) is 5.00. The molecule has 0 spiro atoms.